The van der Waals surface area contributed by atoms with Gasteiger partial charge in [0.25, 0.3) is 5.91 Å². The van der Waals surface area contributed by atoms with Crippen LogP contribution < -0.4 is 20.5 Å². The molecule has 5 rings (SSSR count). The predicted molar refractivity (Wildman–Crippen MR) is 155 cm³/mol. The number of carbonyl (C=O) groups excluding carboxylic acids is 1. The molecule has 0 spiro atoms. The van der Waals surface area contributed by atoms with Crippen molar-refractivity contribution < 1.29 is 18.7 Å². The van der Waals surface area contributed by atoms with Crippen molar-refractivity contribution in [1.82, 2.24) is 10.3 Å². The molecule has 206 valence electrons. The highest BCUT2D eigenvalue weighted by Crippen LogP contribution is 2.41. The standard InChI is InChI=1S/C31H28Cl2FN3O3/c1-17(27-24(32)13-14-25(34)28(27)33)40-26-15-22(16-36-30(26)35)18-3-7-21(8-4-18)31(38)37-29(19-5-6-19)20-9-11-23(39-2)12-10-20/h3-4,7-17,19,29H,5-6H2,1-2H3,(H2,35,36)(H,37,38)/t17-,29+/m0/s1. The number of nitrogens with two attached hydrogens (primary N) is 1. The van der Waals surface area contributed by atoms with Crippen LogP contribution in [0.5, 0.6) is 11.5 Å². The van der Waals surface area contributed by atoms with Crippen LogP contribution in [0.4, 0.5) is 10.2 Å². The third-order valence-corrected chi connectivity index (χ3v) is 7.72. The summed E-state index contributed by atoms with van der Waals surface area (Å²) in [5, 5.41) is 3.38. The number of methoxy groups -OCH3 is 1. The van der Waals surface area contributed by atoms with Crippen LogP contribution in [-0.2, 0) is 0 Å². The summed E-state index contributed by atoms with van der Waals surface area (Å²) in [6, 6.07) is 19.4. The van der Waals surface area contributed by atoms with Gasteiger partial charge >= 0.3 is 0 Å². The van der Waals surface area contributed by atoms with E-state index >= 15 is 0 Å². The number of hydrogen-bond donors (Lipinski definition) is 2. The van der Waals surface area contributed by atoms with Crippen molar-refractivity contribution in [1.29, 1.82) is 0 Å². The van der Waals surface area contributed by atoms with E-state index in [-0.39, 0.29) is 27.8 Å². The van der Waals surface area contributed by atoms with Gasteiger partial charge in [0.05, 0.1) is 18.2 Å². The minimum absolute atomic E-state index is 0.0545. The molecule has 2 atom stereocenters. The largest absolute Gasteiger partial charge is 0.497 e. The Kier molecular flexibility index (Phi) is 8.14. The maximum Gasteiger partial charge on any atom is 0.251 e. The molecule has 0 radical (unpaired) electrons. The number of aromatic nitrogens is 1. The number of nitrogens with one attached hydrogen (secondary N) is 1. The van der Waals surface area contributed by atoms with Gasteiger partial charge in [-0.3, -0.25) is 4.79 Å². The zero-order chi connectivity index (χ0) is 28.4. The summed E-state index contributed by atoms with van der Waals surface area (Å²) < 4.78 is 25.3. The Labute approximate surface area is 242 Å². The van der Waals surface area contributed by atoms with Crippen molar-refractivity contribution in [3.05, 3.63) is 105 Å². The van der Waals surface area contributed by atoms with Crippen LogP contribution in [0.25, 0.3) is 11.1 Å². The third kappa shape index (κ3) is 6.01. The number of amides is 1. The van der Waals surface area contributed by atoms with Crippen LogP contribution in [-0.4, -0.2) is 18.0 Å². The number of anilines is 1. The van der Waals surface area contributed by atoms with Gasteiger partial charge in [0.15, 0.2) is 11.6 Å². The number of benzene rings is 3. The van der Waals surface area contributed by atoms with Crippen molar-refractivity contribution in [2.45, 2.75) is 31.9 Å². The fourth-order valence-electron chi connectivity index (χ4n) is 4.62. The predicted octanol–water partition coefficient (Wildman–Crippen LogP) is 7.81. The number of ether oxygens (including phenoxy) is 2. The van der Waals surface area contributed by atoms with E-state index in [9.17, 15) is 9.18 Å². The molecule has 0 bridgehead atoms. The van der Waals surface area contributed by atoms with Crippen molar-refractivity contribution in [2.75, 3.05) is 12.8 Å². The Bertz CT molecular complexity index is 1530. The number of hydrogen-bond acceptors (Lipinski definition) is 5. The van der Waals surface area contributed by atoms with E-state index < -0.39 is 11.9 Å². The zero-order valence-electron chi connectivity index (χ0n) is 22.0. The number of pyridine rings is 1. The molecule has 1 aliphatic rings. The highest BCUT2D eigenvalue weighted by atomic mass is 35.5. The summed E-state index contributed by atoms with van der Waals surface area (Å²) in [6.45, 7) is 1.70. The number of halogens is 3. The quantitative estimate of drug-likeness (QED) is 0.197. The molecule has 1 aromatic heterocycles. The lowest BCUT2D eigenvalue weighted by atomic mass is 10.0. The zero-order valence-corrected chi connectivity index (χ0v) is 23.5. The summed E-state index contributed by atoms with van der Waals surface area (Å²) in [4.78, 5) is 17.4. The molecule has 1 saturated carbocycles. The smallest absolute Gasteiger partial charge is 0.251 e. The van der Waals surface area contributed by atoms with Gasteiger partial charge in [-0.15, -0.1) is 0 Å². The molecule has 0 saturated heterocycles. The SMILES string of the molecule is COc1ccc([C@H](NC(=O)c2ccc(-c3cnc(N)c(O[C@@H](C)c4c(Cl)ccc(F)c4Cl)c3)cc2)C2CC2)cc1. The molecule has 6 nitrogen and oxygen atoms in total. The normalized spacial score (nSPS) is 14.3. The Balaban J connectivity index is 1.31. The second-order valence-corrected chi connectivity index (χ2v) is 10.5. The Hall–Kier alpha value is -3.81. The van der Waals surface area contributed by atoms with Crippen molar-refractivity contribution in [3.8, 4) is 22.6 Å². The summed E-state index contributed by atoms with van der Waals surface area (Å²) >= 11 is 12.4. The fraction of sp³-hybridized carbons (Fsp3) is 0.226. The van der Waals surface area contributed by atoms with Gasteiger partial charge in [-0.2, -0.15) is 0 Å². The lowest BCUT2D eigenvalue weighted by Crippen LogP contribution is -2.29. The first-order valence-corrected chi connectivity index (χ1v) is 13.6. The van der Waals surface area contributed by atoms with Gasteiger partial charge in [0, 0.05) is 27.9 Å². The highest BCUT2D eigenvalue weighted by Gasteiger charge is 2.33. The molecule has 40 heavy (non-hydrogen) atoms. The molecule has 1 heterocycles. The van der Waals surface area contributed by atoms with Crippen molar-refractivity contribution in [2.24, 2.45) is 5.92 Å². The van der Waals surface area contributed by atoms with E-state index in [0.29, 0.717) is 22.8 Å². The van der Waals surface area contributed by atoms with Crippen LogP contribution in [0.3, 0.4) is 0 Å². The van der Waals surface area contributed by atoms with Gasteiger partial charge < -0.3 is 20.5 Å². The van der Waals surface area contributed by atoms with Gasteiger partial charge in [-0.05, 0) is 79.3 Å². The van der Waals surface area contributed by atoms with E-state index in [0.717, 1.165) is 35.3 Å². The van der Waals surface area contributed by atoms with Crippen molar-refractivity contribution >= 4 is 34.9 Å². The number of nitrogen functional groups attached to an aromatic ring is 1. The van der Waals surface area contributed by atoms with Crippen LogP contribution in [0.15, 0.2) is 72.9 Å². The minimum Gasteiger partial charge on any atom is -0.497 e. The third-order valence-electron chi connectivity index (χ3n) is 7.01. The minimum atomic E-state index is -0.689. The molecule has 0 unspecified atom stereocenters. The number of rotatable bonds is 9. The summed E-state index contributed by atoms with van der Waals surface area (Å²) in [5.41, 5.74) is 9.54. The maximum atomic E-state index is 14.0. The molecule has 1 aliphatic carbocycles. The average molecular weight is 580 g/mol. The van der Waals surface area contributed by atoms with E-state index in [2.05, 4.69) is 10.3 Å². The molecule has 0 aliphatic heterocycles. The van der Waals surface area contributed by atoms with Crippen LogP contribution >= 0.6 is 23.2 Å². The van der Waals surface area contributed by atoms with E-state index in [1.165, 1.54) is 12.1 Å². The Morgan fingerprint density at radius 3 is 2.40 bits per heavy atom. The lowest BCUT2D eigenvalue weighted by Gasteiger charge is -2.20. The summed E-state index contributed by atoms with van der Waals surface area (Å²) in [5.74, 6) is 0.941. The molecule has 3 aromatic carbocycles. The van der Waals surface area contributed by atoms with Gasteiger partial charge in [-0.1, -0.05) is 47.5 Å². The first-order chi connectivity index (χ1) is 19.2. The van der Waals surface area contributed by atoms with Gasteiger partial charge in [0.1, 0.15) is 17.7 Å². The molecule has 9 heteroatoms. The first-order valence-electron chi connectivity index (χ1n) is 12.9. The maximum absolute atomic E-state index is 14.0. The average Bonchev–Trinajstić information content (AvgIpc) is 3.81. The topological polar surface area (TPSA) is 86.5 Å². The number of carbonyl (C=O) groups is 1. The Morgan fingerprint density at radius 1 is 1.05 bits per heavy atom. The summed E-state index contributed by atoms with van der Waals surface area (Å²) in [6.07, 6.45) is 3.10. The molecule has 4 aromatic rings. The Morgan fingerprint density at radius 2 is 1.75 bits per heavy atom. The molecule has 1 amide bonds. The monoisotopic (exact) mass is 579 g/mol. The highest BCUT2D eigenvalue weighted by molar-refractivity contribution is 6.36. The van der Waals surface area contributed by atoms with E-state index in [4.69, 9.17) is 38.4 Å². The van der Waals surface area contributed by atoms with Crippen LogP contribution in [0.2, 0.25) is 10.0 Å². The fourth-order valence-corrected chi connectivity index (χ4v) is 5.30. The molecular weight excluding hydrogens is 552 g/mol. The molecular formula is C31H28Cl2FN3O3. The van der Waals surface area contributed by atoms with Crippen LogP contribution in [0, 0.1) is 11.7 Å². The van der Waals surface area contributed by atoms with E-state index in [1.54, 1.807) is 38.4 Å². The van der Waals surface area contributed by atoms with Crippen molar-refractivity contribution in [3.63, 3.8) is 0 Å². The molecule has 1 fully saturated rings. The second-order valence-electron chi connectivity index (χ2n) is 9.76. The van der Waals surface area contributed by atoms with Crippen LogP contribution in [0.1, 0.15) is 53.4 Å². The van der Waals surface area contributed by atoms with Gasteiger partial charge in [-0.25, -0.2) is 9.37 Å². The lowest BCUT2D eigenvalue weighted by molar-refractivity contribution is 0.0931. The second kappa shape index (κ2) is 11.7. The molecule has 3 N–H and O–H groups in total. The van der Waals surface area contributed by atoms with Gasteiger partial charge in [0.2, 0.25) is 0 Å². The first kappa shape index (κ1) is 27.7. The summed E-state index contributed by atoms with van der Waals surface area (Å²) in [7, 11) is 1.63. The number of nitrogens with zero attached hydrogens (tertiary/aromatic N) is 1. The van der Waals surface area contributed by atoms with E-state index in [1.807, 2.05) is 36.4 Å².